The van der Waals surface area contributed by atoms with E-state index in [-0.39, 0.29) is 17.5 Å². The summed E-state index contributed by atoms with van der Waals surface area (Å²) in [4.78, 5) is 44.3. The topological polar surface area (TPSA) is 125 Å². The first-order valence-corrected chi connectivity index (χ1v) is 12.1. The van der Waals surface area contributed by atoms with E-state index in [4.69, 9.17) is 4.42 Å². The summed E-state index contributed by atoms with van der Waals surface area (Å²) < 4.78 is 5.28. The average molecular weight is 502 g/mol. The number of carbonyl (C=O) groups is 2. The van der Waals surface area contributed by atoms with Gasteiger partial charge >= 0.3 is 0 Å². The smallest absolute Gasteiger partial charge is 0.269 e. The minimum absolute atomic E-state index is 0.0429. The molecule has 1 aliphatic heterocycles. The molecule has 0 spiro atoms. The molecule has 1 fully saturated rings. The summed E-state index contributed by atoms with van der Waals surface area (Å²) in [5.41, 5.74) is 3.23. The van der Waals surface area contributed by atoms with Crippen LogP contribution in [0.2, 0.25) is 0 Å². The number of benzene rings is 2. The minimum atomic E-state index is -0.757. The molecule has 3 heterocycles. The van der Waals surface area contributed by atoms with Crippen LogP contribution in [0, 0.1) is 17.0 Å². The number of anilines is 1. The lowest BCUT2D eigenvalue weighted by atomic mass is 10.0. The number of hydrogen-bond donors (Lipinski definition) is 2. The Labute approximate surface area is 213 Å². The van der Waals surface area contributed by atoms with E-state index in [1.807, 2.05) is 30.5 Å². The van der Waals surface area contributed by atoms with Gasteiger partial charge in [0.1, 0.15) is 11.8 Å². The van der Waals surface area contributed by atoms with Crippen molar-refractivity contribution in [2.75, 3.05) is 31.1 Å². The Morgan fingerprint density at radius 1 is 1.08 bits per heavy atom. The number of aromatic amines is 1. The highest BCUT2D eigenvalue weighted by molar-refractivity contribution is 5.98. The number of nitrogens with one attached hydrogen (secondary N) is 2. The first-order chi connectivity index (χ1) is 17.9. The number of hydrogen-bond acceptors (Lipinski definition) is 6. The molecule has 0 bridgehead atoms. The second-order valence-electron chi connectivity index (χ2n) is 9.07. The summed E-state index contributed by atoms with van der Waals surface area (Å²) in [5.74, 6) is -0.00964. The standard InChI is InChI=1S/C27H27N5O5/c1-18-22(10-15-37-18)26(33)29-25(16-19-17-28-24-5-3-2-4-23(19)24)27(34)31-13-11-30(12-14-31)20-6-8-21(9-7-20)32(35)36/h2-10,15,17,25,28H,11-14,16H2,1H3,(H,29,33). The van der Waals surface area contributed by atoms with Crippen LogP contribution in [-0.4, -0.2) is 58.8 Å². The Balaban J connectivity index is 1.32. The first-order valence-electron chi connectivity index (χ1n) is 12.1. The second-order valence-corrected chi connectivity index (χ2v) is 9.07. The highest BCUT2D eigenvalue weighted by Crippen LogP contribution is 2.23. The van der Waals surface area contributed by atoms with Crippen molar-refractivity contribution < 1.29 is 18.9 Å². The molecule has 10 nitrogen and oxygen atoms in total. The van der Waals surface area contributed by atoms with Crippen LogP contribution in [0.3, 0.4) is 0 Å². The Kier molecular flexibility index (Phi) is 6.63. The minimum Gasteiger partial charge on any atom is -0.469 e. The number of H-pyrrole nitrogens is 1. The molecule has 2 aromatic heterocycles. The lowest BCUT2D eigenvalue weighted by Crippen LogP contribution is -2.55. The van der Waals surface area contributed by atoms with E-state index in [0.717, 1.165) is 22.2 Å². The fourth-order valence-electron chi connectivity index (χ4n) is 4.77. The molecule has 2 aromatic carbocycles. The number of furan rings is 1. The molecule has 0 saturated carbocycles. The van der Waals surface area contributed by atoms with Crippen LogP contribution in [0.15, 0.2) is 71.5 Å². The second kappa shape index (κ2) is 10.2. The lowest BCUT2D eigenvalue weighted by Gasteiger charge is -2.37. The van der Waals surface area contributed by atoms with Crippen molar-refractivity contribution in [2.45, 2.75) is 19.4 Å². The molecule has 2 N–H and O–H groups in total. The molecule has 1 unspecified atom stereocenters. The summed E-state index contributed by atoms with van der Waals surface area (Å²) in [6.45, 7) is 3.82. The molecule has 0 radical (unpaired) electrons. The third-order valence-electron chi connectivity index (χ3n) is 6.82. The zero-order chi connectivity index (χ0) is 25.9. The Morgan fingerprint density at radius 2 is 1.81 bits per heavy atom. The fourth-order valence-corrected chi connectivity index (χ4v) is 4.77. The van der Waals surface area contributed by atoms with Gasteiger partial charge in [-0.1, -0.05) is 18.2 Å². The van der Waals surface area contributed by atoms with Gasteiger partial charge in [0.15, 0.2) is 0 Å². The zero-order valence-electron chi connectivity index (χ0n) is 20.3. The monoisotopic (exact) mass is 501 g/mol. The van der Waals surface area contributed by atoms with E-state index in [1.165, 1.54) is 18.4 Å². The molecule has 4 aromatic rings. The zero-order valence-corrected chi connectivity index (χ0v) is 20.3. The lowest BCUT2D eigenvalue weighted by molar-refractivity contribution is -0.384. The van der Waals surface area contributed by atoms with Gasteiger partial charge in [-0.2, -0.15) is 0 Å². The number of non-ortho nitro benzene ring substituents is 1. The molecule has 5 rings (SSSR count). The number of para-hydroxylation sites is 1. The Hall–Kier alpha value is -4.60. The molecule has 1 aliphatic rings. The van der Waals surface area contributed by atoms with Crippen LogP contribution in [-0.2, 0) is 11.2 Å². The van der Waals surface area contributed by atoms with Crippen LogP contribution in [0.25, 0.3) is 10.9 Å². The predicted molar refractivity (Wildman–Crippen MR) is 139 cm³/mol. The molecule has 2 amide bonds. The molecule has 10 heteroatoms. The fraction of sp³-hybridized carbons (Fsp3) is 0.259. The normalized spacial score (nSPS) is 14.5. The highest BCUT2D eigenvalue weighted by atomic mass is 16.6. The van der Waals surface area contributed by atoms with E-state index in [0.29, 0.717) is 43.9 Å². The number of fused-ring (bicyclic) bond motifs is 1. The number of aromatic nitrogens is 1. The SMILES string of the molecule is Cc1occc1C(=O)NC(Cc1c[nH]c2ccccc12)C(=O)N1CCN(c2ccc([N+](=O)[O-])cc2)CC1. The number of carbonyl (C=O) groups excluding carboxylic acids is 2. The average Bonchev–Trinajstić information content (AvgIpc) is 3.54. The molecule has 190 valence electrons. The number of nitrogens with zero attached hydrogens (tertiary/aromatic N) is 3. The van der Waals surface area contributed by atoms with E-state index in [1.54, 1.807) is 30.0 Å². The van der Waals surface area contributed by atoms with Gasteiger partial charge in [0.25, 0.3) is 11.6 Å². The van der Waals surface area contributed by atoms with E-state index in [2.05, 4.69) is 15.2 Å². The highest BCUT2D eigenvalue weighted by Gasteiger charge is 2.30. The van der Waals surface area contributed by atoms with Crippen molar-refractivity contribution in [3.63, 3.8) is 0 Å². The van der Waals surface area contributed by atoms with Crippen molar-refractivity contribution in [3.8, 4) is 0 Å². The summed E-state index contributed by atoms with van der Waals surface area (Å²) >= 11 is 0. The van der Waals surface area contributed by atoms with E-state index in [9.17, 15) is 19.7 Å². The van der Waals surface area contributed by atoms with Crippen LogP contribution in [0.4, 0.5) is 11.4 Å². The van der Waals surface area contributed by atoms with Gasteiger partial charge in [0.05, 0.1) is 16.7 Å². The summed E-state index contributed by atoms with van der Waals surface area (Å²) in [6, 6.07) is 15.1. The number of rotatable bonds is 7. The van der Waals surface area contributed by atoms with Crippen molar-refractivity contribution in [3.05, 3.63) is 94.1 Å². The maximum atomic E-state index is 13.7. The molecule has 0 aliphatic carbocycles. The number of nitro benzene ring substituents is 1. The molecular formula is C27H27N5O5. The Bertz CT molecular complexity index is 1430. The van der Waals surface area contributed by atoms with Crippen molar-refractivity contribution in [1.29, 1.82) is 0 Å². The van der Waals surface area contributed by atoms with Crippen molar-refractivity contribution in [1.82, 2.24) is 15.2 Å². The third kappa shape index (κ3) is 5.04. The molecule has 37 heavy (non-hydrogen) atoms. The maximum Gasteiger partial charge on any atom is 0.269 e. The summed E-state index contributed by atoms with van der Waals surface area (Å²) in [6.07, 6.45) is 3.68. The largest absolute Gasteiger partial charge is 0.469 e. The molecular weight excluding hydrogens is 474 g/mol. The van der Waals surface area contributed by atoms with Crippen molar-refractivity contribution >= 4 is 34.1 Å². The van der Waals surface area contributed by atoms with Gasteiger partial charge in [-0.15, -0.1) is 0 Å². The van der Waals surface area contributed by atoms with Gasteiger partial charge in [0.2, 0.25) is 5.91 Å². The molecule has 1 atom stereocenters. The quantitative estimate of drug-likeness (QED) is 0.294. The maximum absolute atomic E-state index is 13.7. The van der Waals surface area contributed by atoms with Gasteiger partial charge < -0.3 is 24.5 Å². The predicted octanol–water partition coefficient (Wildman–Crippen LogP) is 3.67. The first kappa shape index (κ1) is 24.1. The van der Waals surface area contributed by atoms with Gasteiger partial charge in [-0.05, 0) is 36.8 Å². The van der Waals surface area contributed by atoms with Crippen LogP contribution >= 0.6 is 0 Å². The number of nitro groups is 1. The summed E-state index contributed by atoms with van der Waals surface area (Å²) in [7, 11) is 0. The van der Waals surface area contributed by atoms with Crippen LogP contribution in [0.5, 0.6) is 0 Å². The number of amides is 2. The van der Waals surface area contributed by atoms with Gasteiger partial charge in [-0.25, -0.2) is 0 Å². The third-order valence-corrected chi connectivity index (χ3v) is 6.82. The van der Waals surface area contributed by atoms with Crippen molar-refractivity contribution in [2.24, 2.45) is 0 Å². The van der Waals surface area contributed by atoms with Crippen LogP contribution in [0.1, 0.15) is 21.7 Å². The van der Waals surface area contributed by atoms with Crippen LogP contribution < -0.4 is 10.2 Å². The Morgan fingerprint density at radius 3 is 2.49 bits per heavy atom. The van der Waals surface area contributed by atoms with E-state index >= 15 is 0 Å². The number of aryl methyl sites for hydroxylation is 1. The number of piperazine rings is 1. The summed E-state index contributed by atoms with van der Waals surface area (Å²) in [5, 5.41) is 14.9. The van der Waals surface area contributed by atoms with E-state index < -0.39 is 11.0 Å². The van der Waals surface area contributed by atoms with Gasteiger partial charge in [-0.3, -0.25) is 19.7 Å². The molecule has 1 saturated heterocycles. The van der Waals surface area contributed by atoms with Gasteiger partial charge in [0, 0.05) is 67.5 Å².